The molecule has 0 N–H and O–H groups in total. The van der Waals surface area contributed by atoms with E-state index >= 15 is 0 Å². The van der Waals surface area contributed by atoms with Gasteiger partial charge in [0, 0.05) is 0 Å². The van der Waals surface area contributed by atoms with Crippen molar-refractivity contribution < 1.29 is 25.2 Å². The van der Waals surface area contributed by atoms with Crippen LogP contribution in [0.2, 0.25) is 0 Å². The maximum Gasteiger partial charge on any atom is 0.272 e. The van der Waals surface area contributed by atoms with Gasteiger partial charge in [-0.25, -0.2) is 0 Å². The Morgan fingerprint density at radius 1 is 0.650 bits per heavy atom. The van der Waals surface area contributed by atoms with Gasteiger partial charge in [0.15, 0.2) is 0 Å². The fraction of sp³-hybridized carbons (Fsp3) is 1.00. The van der Waals surface area contributed by atoms with Crippen molar-refractivity contribution in [3.63, 3.8) is 0 Å². The Kier molecular flexibility index (Phi) is 5.85. The van der Waals surface area contributed by atoms with Gasteiger partial charge < -0.3 is 0 Å². The second kappa shape index (κ2) is 5.90. The second-order valence-electron chi connectivity index (χ2n) is 6.74. The van der Waals surface area contributed by atoms with Gasteiger partial charge in [-0.3, -0.25) is 8.37 Å². The Morgan fingerprint density at radius 3 is 1.00 bits per heavy atom. The van der Waals surface area contributed by atoms with E-state index in [1.807, 2.05) is 0 Å². The van der Waals surface area contributed by atoms with Crippen LogP contribution in [0.25, 0.3) is 0 Å². The lowest BCUT2D eigenvalue weighted by Crippen LogP contribution is -2.40. The molecule has 0 bridgehead atoms. The summed E-state index contributed by atoms with van der Waals surface area (Å²) in [5.41, 5.74) is 0. The van der Waals surface area contributed by atoms with Crippen LogP contribution in [0.5, 0.6) is 0 Å². The molecule has 122 valence electrons. The molecule has 6 nitrogen and oxygen atoms in total. The predicted octanol–water partition coefficient (Wildman–Crippen LogP) is 2.05. The summed E-state index contributed by atoms with van der Waals surface area (Å²) in [6.45, 7) is 12.0. The molecule has 0 saturated heterocycles. The molecule has 0 heterocycles. The van der Waals surface area contributed by atoms with Crippen molar-refractivity contribution in [2.45, 2.75) is 77.1 Å². The lowest BCUT2D eigenvalue weighted by atomic mass is 10.3. The van der Waals surface area contributed by atoms with E-state index in [2.05, 4.69) is 0 Å². The van der Waals surface area contributed by atoms with Crippen LogP contribution in [0.1, 0.15) is 55.4 Å². The molecule has 0 amide bonds. The van der Waals surface area contributed by atoms with Gasteiger partial charge in [0.1, 0.15) is 12.2 Å². The summed E-state index contributed by atoms with van der Waals surface area (Å²) in [7, 11) is -7.62. The largest absolute Gasteiger partial charge is 0.272 e. The molecule has 0 aliphatic heterocycles. The van der Waals surface area contributed by atoms with Crippen LogP contribution in [-0.4, -0.2) is 38.5 Å². The van der Waals surface area contributed by atoms with Crippen molar-refractivity contribution in [3.8, 4) is 0 Å². The quantitative estimate of drug-likeness (QED) is 0.717. The molecule has 0 fully saturated rings. The lowest BCUT2D eigenvalue weighted by molar-refractivity contribution is 0.0824. The highest BCUT2D eigenvalue weighted by atomic mass is 32.2. The molecule has 0 radical (unpaired) electrons. The molecule has 0 spiro atoms. The first kappa shape index (κ1) is 19.8. The zero-order chi connectivity index (χ0) is 16.6. The maximum absolute atomic E-state index is 11.9. The third kappa shape index (κ3) is 4.98. The maximum atomic E-state index is 11.9. The third-order valence-electron chi connectivity index (χ3n) is 2.72. The lowest BCUT2D eigenvalue weighted by Gasteiger charge is -2.27. The van der Waals surface area contributed by atoms with Crippen LogP contribution in [-0.2, 0) is 28.6 Å². The molecule has 0 aliphatic rings. The van der Waals surface area contributed by atoms with Crippen molar-refractivity contribution in [2.24, 2.45) is 0 Å². The molecule has 8 heteroatoms. The predicted molar refractivity (Wildman–Crippen MR) is 78.4 cm³/mol. The molecule has 2 unspecified atom stereocenters. The van der Waals surface area contributed by atoms with Gasteiger partial charge in [-0.15, -0.1) is 0 Å². The molecule has 0 aliphatic carbocycles. The minimum absolute atomic E-state index is 0.906. The van der Waals surface area contributed by atoms with Crippen molar-refractivity contribution in [3.05, 3.63) is 0 Å². The Morgan fingerprint density at radius 2 is 0.850 bits per heavy atom. The van der Waals surface area contributed by atoms with Gasteiger partial charge in [-0.1, -0.05) is 0 Å². The molecule has 0 saturated carbocycles. The van der Waals surface area contributed by atoms with E-state index in [1.54, 1.807) is 0 Å². The van der Waals surface area contributed by atoms with Crippen molar-refractivity contribution in [2.75, 3.05) is 0 Å². The molecule has 2 atom stereocenters. The smallest absolute Gasteiger partial charge is 0.264 e. The van der Waals surface area contributed by atoms with Gasteiger partial charge in [0.05, 0.1) is 9.49 Å². The normalized spacial score (nSPS) is 17.8. The Hall–Kier alpha value is -0.180. The van der Waals surface area contributed by atoms with Crippen molar-refractivity contribution in [1.29, 1.82) is 0 Å². The van der Waals surface area contributed by atoms with Gasteiger partial charge >= 0.3 is 0 Å². The molecule has 0 aromatic heterocycles. The van der Waals surface area contributed by atoms with Crippen molar-refractivity contribution in [1.82, 2.24) is 0 Å². The van der Waals surface area contributed by atoms with E-state index in [0.717, 1.165) is 0 Å². The summed E-state index contributed by atoms with van der Waals surface area (Å²) in [6.07, 6.45) is -1.81. The summed E-state index contributed by atoms with van der Waals surface area (Å²) in [4.78, 5) is 0. The first-order valence-electron chi connectivity index (χ1n) is 6.37. The Labute approximate surface area is 123 Å². The first-order valence-corrected chi connectivity index (χ1v) is 9.18. The average molecular weight is 330 g/mol. The van der Waals surface area contributed by atoms with E-state index in [-0.39, 0.29) is 0 Å². The number of hydrogen-bond donors (Lipinski definition) is 0. The van der Waals surface area contributed by atoms with Crippen LogP contribution in [0, 0.1) is 0 Å². The van der Waals surface area contributed by atoms with Gasteiger partial charge in [0.2, 0.25) is 0 Å². The van der Waals surface area contributed by atoms with E-state index in [4.69, 9.17) is 8.37 Å². The highest BCUT2D eigenvalue weighted by Crippen LogP contribution is 2.23. The Bertz CT molecular complexity index is 469. The summed E-state index contributed by atoms with van der Waals surface area (Å²) in [5.74, 6) is 0. The topological polar surface area (TPSA) is 86.7 Å². The van der Waals surface area contributed by atoms with Crippen LogP contribution in [0.15, 0.2) is 0 Å². The summed E-state index contributed by atoms with van der Waals surface area (Å²) < 4.78 is 55.5. The zero-order valence-corrected chi connectivity index (χ0v) is 15.1. The van der Waals surface area contributed by atoms with Gasteiger partial charge in [0.25, 0.3) is 20.2 Å². The monoisotopic (exact) mass is 330 g/mol. The highest BCUT2D eigenvalue weighted by Gasteiger charge is 2.37. The van der Waals surface area contributed by atoms with E-state index in [0.29, 0.717) is 0 Å². The van der Waals surface area contributed by atoms with Crippen LogP contribution >= 0.6 is 0 Å². The molecule has 0 aromatic rings. The van der Waals surface area contributed by atoms with Crippen LogP contribution in [0.3, 0.4) is 0 Å². The summed E-state index contributed by atoms with van der Waals surface area (Å²) >= 11 is 0. The van der Waals surface area contributed by atoms with Crippen LogP contribution < -0.4 is 0 Å². The van der Waals surface area contributed by atoms with Gasteiger partial charge in [-0.2, -0.15) is 16.8 Å². The highest BCUT2D eigenvalue weighted by molar-refractivity contribution is 7.88. The molecular weight excluding hydrogens is 304 g/mol. The minimum Gasteiger partial charge on any atom is -0.264 e. The fourth-order valence-corrected chi connectivity index (χ4v) is 2.53. The number of hydrogen-bond acceptors (Lipinski definition) is 6. The summed E-state index contributed by atoms with van der Waals surface area (Å²) in [5, 5.41) is 0. The SMILES string of the molecule is CC(OS(=O)(=O)C(C)(C)C)C(C)OS(=O)(=O)C(C)(C)C. The zero-order valence-electron chi connectivity index (χ0n) is 13.4. The minimum atomic E-state index is -3.81. The summed E-state index contributed by atoms with van der Waals surface area (Å²) in [6, 6.07) is 0. The standard InChI is InChI=1S/C12H26O6S2/c1-9(17-19(13,14)11(3,4)5)10(2)18-20(15,16)12(6,7)8/h9-10H,1-8H3. The van der Waals surface area contributed by atoms with E-state index in [1.165, 1.54) is 55.4 Å². The van der Waals surface area contributed by atoms with Gasteiger partial charge in [-0.05, 0) is 55.4 Å². The molecule has 20 heavy (non-hydrogen) atoms. The average Bonchev–Trinajstić information content (AvgIpc) is 2.12. The van der Waals surface area contributed by atoms with Crippen molar-refractivity contribution >= 4 is 20.2 Å². The first-order chi connectivity index (χ1) is 8.51. The third-order valence-corrected chi connectivity index (χ3v) is 6.83. The Balaban J connectivity index is 4.97. The van der Waals surface area contributed by atoms with E-state index in [9.17, 15) is 16.8 Å². The van der Waals surface area contributed by atoms with Crippen LogP contribution in [0.4, 0.5) is 0 Å². The molecule has 0 rings (SSSR count). The fourth-order valence-electron chi connectivity index (χ4n) is 0.845. The van der Waals surface area contributed by atoms with E-state index < -0.39 is 41.9 Å². The molecular formula is C12H26O6S2. The second-order valence-corrected chi connectivity index (χ2v) is 11.4. The number of rotatable bonds is 5. The molecule has 0 aromatic carbocycles.